The highest BCUT2D eigenvalue weighted by Gasteiger charge is 2.20. The molecule has 0 spiro atoms. The summed E-state index contributed by atoms with van der Waals surface area (Å²) in [6.45, 7) is 2.84. The topological polar surface area (TPSA) is 26.3 Å². The van der Waals surface area contributed by atoms with E-state index in [2.05, 4.69) is 6.92 Å². The van der Waals surface area contributed by atoms with Crippen molar-refractivity contribution in [3.05, 3.63) is 0 Å². The Morgan fingerprint density at radius 2 is 2.50 bits per heavy atom. The Morgan fingerprint density at radius 1 is 1.75 bits per heavy atom. The Bertz CT molecular complexity index is 90.5. The molecule has 0 bridgehead atoms. The van der Waals surface area contributed by atoms with E-state index in [4.69, 9.17) is 4.74 Å². The molecule has 46 valence electrons. The van der Waals surface area contributed by atoms with Crippen LogP contribution in [-0.2, 0) is 9.53 Å². The van der Waals surface area contributed by atoms with Gasteiger partial charge in [-0.1, -0.05) is 6.92 Å². The quantitative estimate of drug-likeness (QED) is 0.467. The van der Waals surface area contributed by atoms with Crippen molar-refractivity contribution in [3.8, 4) is 0 Å². The lowest BCUT2D eigenvalue weighted by Crippen LogP contribution is -2.04. The second kappa shape index (κ2) is 2.27. The van der Waals surface area contributed by atoms with Gasteiger partial charge in [0, 0.05) is 0 Å². The molecule has 0 saturated carbocycles. The molecule has 0 aromatic heterocycles. The Labute approximate surface area is 48.8 Å². The van der Waals surface area contributed by atoms with Gasteiger partial charge < -0.3 is 9.53 Å². The summed E-state index contributed by atoms with van der Waals surface area (Å²) in [7, 11) is 0. The first kappa shape index (κ1) is 5.76. The molecular weight excluding hydrogens is 104 g/mol. The van der Waals surface area contributed by atoms with Gasteiger partial charge in [-0.15, -0.1) is 0 Å². The molecule has 1 rings (SSSR count). The molecule has 2 atom stereocenters. The number of aldehydes is 1. The molecule has 2 heteroatoms. The fraction of sp³-hybridized carbons (Fsp3) is 0.833. The highest BCUT2D eigenvalue weighted by molar-refractivity contribution is 5.56. The van der Waals surface area contributed by atoms with E-state index in [1.807, 2.05) is 0 Å². The van der Waals surface area contributed by atoms with Crippen LogP contribution in [0.3, 0.4) is 0 Å². The largest absolute Gasteiger partial charge is 0.370 e. The van der Waals surface area contributed by atoms with Gasteiger partial charge in [-0.25, -0.2) is 0 Å². The smallest absolute Gasteiger partial charge is 0.148 e. The molecule has 0 aromatic carbocycles. The van der Waals surface area contributed by atoms with Crippen molar-refractivity contribution < 1.29 is 9.53 Å². The molecule has 2 nitrogen and oxygen atoms in total. The zero-order valence-corrected chi connectivity index (χ0v) is 4.96. The van der Waals surface area contributed by atoms with Crippen LogP contribution in [0.1, 0.15) is 13.3 Å². The van der Waals surface area contributed by atoms with E-state index in [0.29, 0.717) is 5.92 Å². The van der Waals surface area contributed by atoms with E-state index in [1.165, 1.54) is 0 Å². The van der Waals surface area contributed by atoms with Crippen LogP contribution in [0.5, 0.6) is 0 Å². The summed E-state index contributed by atoms with van der Waals surface area (Å²) in [4.78, 5) is 10.0. The minimum Gasteiger partial charge on any atom is -0.370 e. The molecule has 0 radical (unpaired) electrons. The maximum absolute atomic E-state index is 10.0. The van der Waals surface area contributed by atoms with Gasteiger partial charge in [-0.3, -0.25) is 0 Å². The number of hydrogen-bond donors (Lipinski definition) is 0. The van der Waals surface area contributed by atoms with Crippen LogP contribution >= 0.6 is 0 Å². The molecule has 1 fully saturated rings. The maximum Gasteiger partial charge on any atom is 0.148 e. The van der Waals surface area contributed by atoms with Crippen molar-refractivity contribution in [2.45, 2.75) is 19.4 Å². The number of hydrogen-bond acceptors (Lipinski definition) is 2. The molecule has 1 saturated heterocycles. The van der Waals surface area contributed by atoms with Gasteiger partial charge in [0.2, 0.25) is 0 Å². The van der Waals surface area contributed by atoms with Crippen LogP contribution in [0.15, 0.2) is 0 Å². The van der Waals surface area contributed by atoms with Crippen molar-refractivity contribution in [2.75, 3.05) is 6.61 Å². The molecular formula is C6H10O2. The Hall–Kier alpha value is -0.370. The van der Waals surface area contributed by atoms with Gasteiger partial charge in [0.05, 0.1) is 6.61 Å². The third kappa shape index (κ3) is 1.07. The Morgan fingerprint density at radius 3 is 2.75 bits per heavy atom. The van der Waals surface area contributed by atoms with Crippen molar-refractivity contribution in [1.29, 1.82) is 0 Å². The summed E-state index contributed by atoms with van der Waals surface area (Å²) >= 11 is 0. The van der Waals surface area contributed by atoms with E-state index < -0.39 is 0 Å². The molecule has 0 N–H and O–H groups in total. The summed E-state index contributed by atoms with van der Waals surface area (Å²) in [5, 5.41) is 0. The van der Waals surface area contributed by atoms with Crippen molar-refractivity contribution in [1.82, 2.24) is 0 Å². The summed E-state index contributed by atoms with van der Waals surface area (Å²) in [5.74, 6) is 0.574. The molecule has 0 amide bonds. The highest BCUT2D eigenvalue weighted by Crippen LogP contribution is 2.16. The second-order valence-corrected chi connectivity index (χ2v) is 2.35. The van der Waals surface area contributed by atoms with Gasteiger partial charge in [0.25, 0.3) is 0 Å². The zero-order chi connectivity index (χ0) is 5.98. The molecule has 0 aromatic rings. The lowest BCUT2D eigenvalue weighted by molar-refractivity contribution is -0.115. The van der Waals surface area contributed by atoms with Gasteiger partial charge in [0.15, 0.2) is 0 Å². The van der Waals surface area contributed by atoms with Crippen molar-refractivity contribution >= 4 is 6.29 Å². The van der Waals surface area contributed by atoms with Crippen LogP contribution < -0.4 is 0 Å². The summed E-state index contributed by atoms with van der Waals surface area (Å²) in [6, 6.07) is 0. The number of ether oxygens (including phenoxy) is 1. The van der Waals surface area contributed by atoms with E-state index >= 15 is 0 Å². The standard InChI is InChI=1S/C6H10O2/c1-5-2-6(3-7)8-4-5/h3,5-6H,2,4H2,1H3/t5-,6-/m1/s1. The minimum absolute atomic E-state index is 0.106. The third-order valence-corrected chi connectivity index (χ3v) is 1.38. The van der Waals surface area contributed by atoms with Crippen LogP contribution in [0.2, 0.25) is 0 Å². The van der Waals surface area contributed by atoms with Gasteiger partial charge in [-0.2, -0.15) is 0 Å². The first-order chi connectivity index (χ1) is 3.83. The number of rotatable bonds is 1. The lowest BCUT2D eigenvalue weighted by Gasteiger charge is -1.93. The molecule has 1 aliphatic heterocycles. The van der Waals surface area contributed by atoms with E-state index in [9.17, 15) is 4.79 Å². The van der Waals surface area contributed by atoms with E-state index in [1.54, 1.807) is 0 Å². The van der Waals surface area contributed by atoms with Gasteiger partial charge in [-0.05, 0) is 12.3 Å². The summed E-state index contributed by atoms with van der Waals surface area (Å²) in [5.41, 5.74) is 0. The van der Waals surface area contributed by atoms with E-state index in [-0.39, 0.29) is 6.10 Å². The van der Waals surface area contributed by atoms with Gasteiger partial charge in [0.1, 0.15) is 12.4 Å². The summed E-state index contributed by atoms with van der Waals surface area (Å²) in [6.07, 6.45) is 1.68. The Balaban J connectivity index is 2.32. The Kier molecular flexibility index (Phi) is 1.63. The predicted octanol–water partition coefficient (Wildman–Crippen LogP) is 0.610. The number of carbonyl (C=O) groups excluding carboxylic acids is 1. The van der Waals surface area contributed by atoms with Crippen LogP contribution in [0.25, 0.3) is 0 Å². The first-order valence-corrected chi connectivity index (χ1v) is 2.90. The normalized spacial score (nSPS) is 37.6. The monoisotopic (exact) mass is 114 g/mol. The SMILES string of the molecule is C[C@H]1CO[C@@H](C=O)C1. The highest BCUT2D eigenvalue weighted by atomic mass is 16.5. The van der Waals surface area contributed by atoms with Crippen LogP contribution in [0, 0.1) is 5.92 Å². The lowest BCUT2D eigenvalue weighted by atomic mass is 10.1. The van der Waals surface area contributed by atoms with Crippen LogP contribution in [0.4, 0.5) is 0 Å². The fourth-order valence-corrected chi connectivity index (χ4v) is 0.915. The first-order valence-electron chi connectivity index (χ1n) is 2.90. The maximum atomic E-state index is 10.0. The van der Waals surface area contributed by atoms with Crippen LogP contribution in [-0.4, -0.2) is 19.0 Å². The van der Waals surface area contributed by atoms with Crippen molar-refractivity contribution in [2.24, 2.45) is 5.92 Å². The average molecular weight is 114 g/mol. The fourth-order valence-electron chi connectivity index (χ4n) is 0.915. The minimum atomic E-state index is -0.106. The molecule has 1 heterocycles. The molecule has 0 unspecified atom stereocenters. The van der Waals surface area contributed by atoms with Crippen molar-refractivity contribution in [3.63, 3.8) is 0 Å². The predicted molar refractivity (Wildman–Crippen MR) is 29.6 cm³/mol. The zero-order valence-electron chi connectivity index (χ0n) is 4.96. The summed E-state index contributed by atoms with van der Waals surface area (Å²) < 4.78 is 5.05. The van der Waals surface area contributed by atoms with Gasteiger partial charge >= 0.3 is 0 Å². The van der Waals surface area contributed by atoms with E-state index in [0.717, 1.165) is 19.3 Å². The molecule has 0 aliphatic carbocycles. The molecule has 1 aliphatic rings. The molecule has 8 heavy (non-hydrogen) atoms. The number of carbonyl (C=O) groups is 1. The average Bonchev–Trinajstić information content (AvgIpc) is 2.14. The second-order valence-electron chi connectivity index (χ2n) is 2.35. The third-order valence-electron chi connectivity index (χ3n) is 1.38.